The highest BCUT2D eigenvalue weighted by atomic mass is 16.3. The van der Waals surface area contributed by atoms with E-state index in [4.69, 9.17) is 0 Å². The highest BCUT2D eigenvalue weighted by Crippen LogP contribution is 2.05. The maximum atomic E-state index is 12.2. The summed E-state index contributed by atoms with van der Waals surface area (Å²) in [6, 6.07) is 3.49. The summed E-state index contributed by atoms with van der Waals surface area (Å²) in [4.78, 5) is 20.3. The molecule has 8 nitrogen and oxygen atoms in total. The molecule has 0 fully saturated rings. The molecular weight excluding hydrogens is 296 g/mol. The molecule has 1 amide bonds. The van der Waals surface area contributed by atoms with Crippen LogP contribution in [0.2, 0.25) is 0 Å². The molecule has 23 heavy (non-hydrogen) atoms. The lowest BCUT2D eigenvalue weighted by molar-refractivity contribution is 0.0907. The number of nitrogens with one attached hydrogen (secondary N) is 1. The predicted octanol–water partition coefficient (Wildman–Crippen LogP) is 0.243. The Kier molecular flexibility index (Phi) is 4.53. The normalized spacial score (nSPS) is 12.2. The number of rotatable bonds is 6. The van der Waals surface area contributed by atoms with Crippen LogP contribution < -0.4 is 5.32 Å². The summed E-state index contributed by atoms with van der Waals surface area (Å²) in [5.41, 5.74) is 1.93. The fourth-order valence-electron chi connectivity index (χ4n) is 2.21. The average molecular weight is 312 g/mol. The number of carbonyl (C=O) groups excluding carboxylic acids is 1. The number of hydrogen-bond acceptors (Lipinski definition) is 6. The molecule has 0 bridgehead atoms. The molecule has 3 aromatic rings. The summed E-state index contributed by atoms with van der Waals surface area (Å²) in [5, 5.41) is 19.8. The molecule has 0 aliphatic rings. The van der Waals surface area contributed by atoms with E-state index in [1.165, 1.54) is 12.5 Å². The summed E-state index contributed by atoms with van der Waals surface area (Å²) >= 11 is 0. The first kappa shape index (κ1) is 15.0. The number of hydrogen-bond donors (Lipinski definition) is 2. The van der Waals surface area contributed by atoms with Crippen molar-refractivity contribution in [1.29, 1.82) is 0 Å². The van der Waals surface area contributed by atoms with Crippen molar-refractivity contribution in [2.75, 3.05) is 6.61 Å². The average Bonchev–Trinajstić information content (AvgIpc) is 3.07. The largest absolute Gasteiger partial charge is 0.394 e. The van der Waals surface area contributed by atoms with Gasteiger partial charge in [-0.05, 0) is 30.5 Å². The van der Waals surface area contributed by atoms with Crippen LogP contribution in [0.15, 0.2) is 43.2 Å². The number of carbonyl (C=O) groups is 1. The fourth-order valence-corrected chi connectivity index (χ4v) is 2.21. The van der Waals surface area contributed by atoms with Crippen molar-refractivity contribution in [2.45, 2.75) is 18.9 Å². The molecule has 0 saturated heterocycles. The number of pyridine rings is 1. The number of aryl methyl sites for hydroxylation is 1. The van der Waals surface area contributed by atoms with Crippen molar-refractivity contribution in [2.24, 2.45) is 0 Å². The first-order chi connectivity index (χ1) is 11.3. The van der Waals surface area contributed by atoms with Gasteiger partial charge in [-0.1, -0.05) is 0 Å². The van der Waals surface area contributed by atoms with Crippen LogP contribution in [-0.2, 0) is 6.42 Å². The second-order valence-corrected chi connectivity index (χ2v) is 5.12. The van der Waals surface area contributed by atoms with Crippen molar-refractivity contribution in [3.05, 3.63) is 54.5 Å². The summed E-state index contributed by atoms with van der Waals surface area (Å²) in [5.74, 6) is -0.339. The van der Waals surface area contributed by atoms with E-state index in [1.807, 2.05) is 12.1 Å². The van der Waals surface area contributed by atoms with E-state index in [0.29, 0.717) is 12.1 Å². The van der Waals surface area contributed by atoms with Gasteiger partial charge >= 0.3 is 0 Å². The minimum atomic E-state index is -0.339. The predicted molar refractivity (Wildman–Crippen MR) is 81.7 cm³/mol. The molecule has 0 saturated carbocycles. The molecule has 0 aliphatic carbocycles. The number of aliphatic hydroxyl groups excluding tert-OH is 1. The van der Waals surface area contributed by atoms with Gasteiger partial charge in [0.05, 0.1) is 18.8 Å². The lowest BCUT2D eigenvalue weighted by Crippen LogP contribution is -2.38. The first-order valence-electron chi connectivity index (χ1n) is 7.22. The maximum absolute atomic E-state index is 12.2. The zero-order valence-corrected chi connectivity index (χ0v) is 12.3. The third-order valence-corrected chi connectivity index (χ3v) is 3.50. The SMILES string of the molecule is O=C(NC(CO)CCc1ccncc1)c1cn2cnnc2cn1. The minimum Gasteiger partial charge on any atom is -0.394 e. The lowest BCUT2D eigenvalue weighted by atomic mass is 10.1. The standard InChI is InChI=1S/C15H16N6O2/c22-9-12(2-1-11-3-5-16-6-4-11)19-15(23)13-8-21-10-18-20-14(21)7-17-13/h3-8,10,12,22H,1-2,9H2,(H,19,23). The molecule has 8 heteroatoms. The second-order valence-electron chi connectivity index (χ2n) is 5.12. The van der Waals surface area contributed by atoms with Crippen LogP contribution >= 0.6 is 0 Å². The Morgan fingerprint density at radius 2 is 2.17 bits per heavy atom. The molecule has 0 aliphatic heterocycles. The topological polar surface area (TPSA) is 105 Å². The molecule has 0 spiro atoms. The van der Waals surface area contributed by atoms with Gasteiger partial charge in [0.2, 0.25) is 0 Å². The number of fused-ring (bicyclic) bond motifs is 1. The molecule has 0 aromatic carbocycles. The second kappa shape index (κ2) is 6.93. The quantitative estimate of drug-likeness (QED) is 0.675. The third kappa shape index (κ3) is 3.67. The molecule has 0 radical (unpaired) electrons. The van der Waals surface area contributed by atoms with E-state index < -0.39 is 0 Å². The minimum absolute atomic E-state index is 0.133. The zero-order chi connectivity index (χ0) is 16.1. The van der Waals surface area contributed by atoms with Gasteiger partial charge in [0.15, 0.2) is 5.65 Å². The first-order valence-corrected chi connectivity index (χ1v) is 7.22. The van der Waals surface area contributed by atoms with E-state index in [0.717, 1.165) is 12.0 Å². The van der Waals surface area contributed by atoms with Gasteiger partial charge in [0.1, 0.15) is 12.0 Å². The van der Waals surface area contributed by atoms with E-state index >= 15 is 0 Å². The van der Waals surface area contributed by atoms with Gasteiger partial charge in [-0.2, -0.15) is 0 Å². The summed E-state index contributed by atoms with van der Waals surface area (Å²) in [6.07, 6.45) is 9.35. The van der Waals surface area contributed by atoms with Crippen molar-refractivity contribution < 1.29 is 9.90 Å². The Labute approximate surface area is 132 Å². The van der Waals surface area contributed by atoms with E-state index in [9.17, 15) is 9.90 Å². The molecule has 118 valence electrons. The maximum Gasteiger partial charge on any atom is 0.271 e. The lowest BCUT2D eigenvalue weighted by Gasteiger charge is -2.16. The molecule has 1 unspecified atom stereocenters. The van der Waals surface area contributed by atoms with Gasteiger partial charge in [-0.15, -0.1) is 10.2 Å². The Bertz CT molecular complexity index is 789. The van der Waals surface area contributed by atoms with Crippen molar-refractivity contribution in [3.8, 4) is 0 Å². The fraction of sp³-hybridized carbons (Fsp3) is 0.267. The van der Waals surface area contributed by atoms with Crippen molar-refractivity contribution >= 4 is 11.6 Å². The molecule has 3 aromatic heterocycles. The number of aliphatic hydroxyl groups is 1. The van der Waals surface area contributed by atoms with E-state index in [-0.39, 0.29) is 24.2 Å². The Balaban J connectivity index is 1.62. The van der Waals surface area contributed by atoms with E-state index in [2.05, 4.69) is 25.5 Å². The van der Waals surface area contributed by atoms with Gasteiger partial charge in [-0.3, -0.25) is 14.2 Å². The van der Waals surface area contributed by atoms with Crippen LogP contribution in [0.25, 0.3) is 5.65 Å². The van der Waals surface area contributed by atoms with Crippen LogP contribution in [0.3, 0.4) is 0 Å². The zero-order valence-electron chi connectivity index (χ0n) is 12.3. The summed E-state index contributed by atoms with van der Waals surface area (Å²) in [7, 11) is 0. The van der Waals surface area contributed by atoms with Crippen molar-refractivity contribution in [1.82, 2.24) is 29.9 Å². The number of aromatic nitrogens is 5. The van der Waals surface area contributed by atoms with Crippen molar-refractivity contribution in [3.63, 3.8) is 0 Å². The third-order valence-electron chi connectivity index (χ3n) is 3.50. The Morgan fingerprint density at radius 1 is 1.35 bits per heavy atom. The van der Waals surface area contributed by atoms with Crippen LogP contribution in [0, 0.1) is 0 Å². The molecule has 2 N–H and O–H groups in total. The molecule has 3 heterocycles. The highest BCUT2D eigenvalue weighted by molar-refractivity contribution is 5.92. The van der Waals surface area contributed by atoms with Gasteiger partial charge < -0.3 is 10.4 Å². The van der Waals surface area contributed by atoms with Crippen LogP contribution in [0.4, 0.5) is 0 Å². The highest BCUT2D eigenvalue weighted by Gasteiger charge is 2.15. The number of nitrogens with zero attached hydrogens (tertiary/aromatic N) is 5. The Morgan fingerprint density at radius 3 is 2.96 bits per heavy atom. The molecule has 3 rings (SSSR count). The monoisotopic (exact) mass is 312 g/mol. The number of amides is 1. The smallest absolute Gasteiger partial charge is 0.271 e. The van der Waals surface area contributed by atoms with Gasteiger partial charge in [0, 0.05) is 18.6 Å². The summed E-state index contributed by atoms with van der Waals surface area (Å²) < 4.78 is 1.62. The van der Waals surface area contributed by atoms with Gasteiger partial charge in [-0.25, -0.2) is 4.98 Å². The molecular formula is C15H16N6O2. The van der Waals surface area contributed by atoms with Crippen LogP contribution in [-0.4, -0.2) is 48.2 Å². The summed E-state index contributed by atoms with van der Waals surface area (Å²) in [6.45, 7) is -0.133. The van der Waals surface area contributed by atoms with E-state index in [1.54, 1.807) is 23.0 Å². The van der Waals surface area contributed by atoms with Crippen LogP contribution in [0.5, 0.6) is 0 Å². The van der Waals surface area contributed by atoms with Crippen LogP contribution in [0.1, 0.15) is 22.5 Å². The molecule has 1 atom stereocenters. The van der Waals surface area contributed by atoms with Gasteiger partial charge in [0.25, 0.3) is 5.91 Å². The Hall–Kier alpha value is -2.87.